The molecule has 0 bridgehead atoms. The van der Waals surface area contributed by atoms with Crippen LogP contribution in [-0.2, 0) is 14.8 Å². The van der Waals surface area contributed by atoms with Crippen LogP contribution in [0.15, 0.2) is 89.4 Å². The van der Waals surface area contributed by atoms with Gasteiger partial charge < -0.3 is 9.47 Å². The summed E-state index contributed by atoms with van der Waals surface area (Å²) in [4.78, 5) is 12.8. The Bertz CT molecular complexity index is 1360. The van der Waals surface area contributed by atoms with E-state index in [2.05, 4.69) is 17.1 Å². The molecule has 0 radical (unpaired) electrons. The molecular formula is C27H29N3O5S. The van der Waals surface area contributed by atoms with Crippen LogP contribution in [0.5, 0.6) is 11.5 Å². The molecular weight excluding hydrogens is 478 g/mol. The highest BCUT2D eigenvalue weighted by molar-refractivity contribution is 7.92. The highest BCUT2D eigenvalue weighted by atomic mass is 32.2. The second-order valence-electron chi connectivity index (χ2n) is 7.90. The third kappa shape index (κ3) is 6.51. The Morgan fingerprint density at radius 3 is 2.44 bits per heavy atom. The van der Waals surface area contributed by atoms with Gasteiger partial charge in [-0.25, -0.2) is 13.8 Å². The molecule has 0 saturated carbocycles. The van der Waals surface area contributed by atoms with E-state index in [-0.39, 0.29) is 4.90 Å². The van der Waals surface area contributed by atoms with Crippen LogP contribution in [0.25, 0.3) is 0 Å². The van der Waals surface area contributed by atoms with E-state index < -0.39 is 22.5 Å². The lowest BCUT2D eigenvalue weighted by molar-refractivity contribution is -0.119. The molecule has 0 spiro atoms. The molecule has 1 amide bonds. The van der Waals surface area contributed by atoms with Gasteiger partial charge in [0.25, 0.3) is 15.9 Å². The van der Waals surface area contributed by atoms with Crippen molar-refractivity contribution in [3.8, 4) is 11.5 Å². The number of aryl methyl sites for hydroxylation is 2. The number of hydrazone groups is 1. The number of benzene rings is 3. The molecule has 188 valence electrons. The third-order valence-corrected chi connectivity index (χ3v) is 7.13. The molecule has 0 heterocycles. The van der Waals surface area contributed by atoms with Crippen LogP contribution < -0.4 is 19.2 Å². The van der Waals surface area contributed by atoms with Crippen LogP contribution in [0.1, 0.15) is 16.7 Å². The molecule has 1 N–H and O–H groups in total. The van der Waals surface area contributed by atoms with Crippen molar-refractivity contribution in [2.75, 3.05) is 24.6 Å². The lowest BCUT2D eigenvalue weighted by Crippen LogP contribution is -2.39. The average Bonchev–Trinajstić information content (AvgIpc) is 2.88. The van der Waals surface area contributed by atoms with Crippen LogP contribution in [-0.4, -0.2) is 40.8 Å². The zero-order valence-corrected chi connectivity index (χ0v) is 21.3. The molecule has 3 aromatic rings. The van der Waals surface area contributed by atoms with Gasteiger partial charge in [0, 0.05) is 0 Å². The zero-order chi connectivity index (χ0) is 26.1. The van der Waals surface area contributed by atoms with E-state index in [4.69, 9.17) is 9.47 Å². The van der Waals surface area contributed by atoms with Crippen molar-refractivity contribution in [1.82, 2.24) is 5.43 Å². The topological polar surface area (TPSA) is 97.3 Å². The SMILES string of the molecule is C=CCOc1ccc(/C=N/NC(=O)CN(c2ccc(C)c(C)c2)S(=O)(=O)c2ccccc2)cc1OC. The lowest BCUT2D eigenvalue weighted by atomic mass is 10.1. The van der Waals surface area contributed by atoms with Gasteiger partial charge in [-0.3, -0.25) is 9.10 Å². The normalized spacial score (nSPS) is 11.2. The number of ether oxygens (including phenoxy) is 2. The third-order valence-electron chi connectivity index (χ3n) is 5.34. The van der Waals surface area contributed by atoms with Gasteiger partial charge >= 0.3 is 0 Å². The summed E-state index contributed by atoms with van der Waals surface area (Å²) in [6, 6.07) is 18.4. The monoisotopic (exact) mass is 507 g/mol. The van der Waals surface area contributed by atoms with Crippen LogP contribution in [0.3, 0.4) is 0 Å². The minimum absolute atomic E-state index is 0.0883. The zero-order valence-electron chi connectivity index (χ0n) is 20.5. The first-order valence-corrected chi connectivity index (χ1v) is 12.6. The number of hydrogen-bond acceptors (Lipinski definition) is 6. The van der Waals surface area contributed by atoms with Crippen molar-refractivity contribution in [2.24, 2.45) is 5.10 Å². The van der Waals surface area contributed by atoms with Crippen molar-refractivity contribution >= 4 is 27.8 Å². The lowest BCUT2D eigenvalue weighted by Gasteiger charge is -2.24. The van der Waals surface area contributed by atoms with E-state index in [1.165, 1.54) is 25.5 Å². The number of hydrogen-bond donors (Lipinski definition) is 1. The largest absolute Gasteiger partial charge is 0.493 e. The average molecular weight is 508 g/mol. The summed E-state index contributed by atoms with van der Waals surface area (Å²) in [6.07, 6.45) is 3.06. The molecule has 9 heteroatoms. The minimum atomic E-state index is -3.99. The first-order valence-electron chi connectivity index (χ1n) is 11.1. The number of methoxy groups -OCH3 is 1. The van der Waals surface area contributed by atoms with Crippen molar-refractivity contribution in [3.63, 3.8) is 0 Å². The standard InChI is InChI=1S/C27H29N3O5S/c1-5-15-35-25-14-12-22(17-26(25)34-4)18-28-29-27(31)19-30(23-13-11-20(2)21(3)16-23)36(32,33)24-9-7-6-8-10-24/h5-14,16-18H,1,15,19H2,2-4H3,(H,29,31)/b28-18+. The summed E-state index contributed by atoms with van der Waals surface area (Å²) in [5.74, 6) is 0.456. The fourth-order valence-corrected chi connectivity index (χ4v) is 4.73. The number of anilines is 1. The van der Waals surface area contributed by atoms with Gasteiger partial charge in [-0.2, -0.15) is 5.10 Å². The molecule has 0 aliphatic carbocycles. The second kappa shape index (κ2) is 12.0. The van der Waals surface area contributed by atoms with Gasteiger partial charge in [0.2, 0.25) is 0 Å². The van der Waals surface area contributed by atoms with Gasteiger partial charge in [-0.05, 0) is 73.0 Å². The number of sulfonamides is 1. The number of rotatable bonds is 11. The molecule has 8 nitrogen and oxygen atoms in total. The van der Waals surface area contributed by atoms with E-state index in [1.54, 1.807) is 54.6 Å². The number of carbonyl (C=O) groups is 1. The van der Waals surface area contributed by atoms with Gasteiger partial charge in [0.05, 0.1) is 23.9 Å². The molecule has 36 heavy (non-hydrogen) atoms. The maximum atomic E-state index is 13.4. The first-order chi connectivity index (χ1) is 17.3. The van der Waals surface area contributed by atoms with E-state index in [9.17, 15) is 13.2 Å². The summed E-state index contributed by atoms with van der Waals surface area (Å²) in [7, 11) is -2.47. The van der Waals surface area contributed by atoms with E-state index in [0.717, 1.165) is 15.4 Å². The van der Waals surface area contributed by atoms with Crippen molar-refractivity contribution < 1.29 is 22.7 Å². The van der Waals surface area contributed by atoms with Crippen molar-refractivity contribution in [3.05, 3.63) is 96.1 Å². The van der Waals surface area contributed by atoms with Crippen molar-refractivity contribution in [2.45, 2.75) is 18.7 Å². The van der Waals surface area contributed by atoms with Gasteiger partial charge in [0.1, 0.15) is 13.2 Å². The molecule has 0 aliphatic heterocycles. The summed E-state index contributed by atoms with van der Waals surface area (Å²) in [5, 5.41) is 3.98. The van der Waals surface area contributed by atoms with Crippen LogP contribution >= 0.6 is 0 Å². The fraction of sp³-hybridized carbons (Fsp3) is 0.185. The number of carbonyl (C=O) groups excluding carboxylic acids is 1. The van der Waals surface area contributed by atoms with Crippen LogP contribution in [0, 0.1) is 13.8 Å². The Kier molecular flexibility index (Phi) is 8.86. The van der Waals surface area contributed by atoms with E-state index in [0.29, 0.717) is 29.4 Å². The fourth-order valence-electron chi connectivity index (χ4n) is 3.29. The minimum Gasteiger partial charge on any atom is -0.493 e. The highest BCUT2D eigenvalue weighted by Crippen LogP contribution is 2.28. The second-order valence-corrected chi connectivity index (χ2v) is 9.76. The Labute approximate surface area is 211 Å². The van der Waals surface area contributed by atoms with Gasteiger partial charge in [-0.1, -0.05) is 36.9 Å². The number of nitrogens with zero attached hydrogens (tertiary/aromatic N) is 2. The Hall–Kier alpha value is -4.11. The molecule has 0 aromatic heterocycles. The molecule has 0 unspecified atom stereocenters. The van der Waals surface area contributed by atoms with E-state index in [1.807, 2.05) is 19.9 Å². The smallest absolute Gasteiger partial charge is 0.264 e. The Balaban J connectivity index is 1.80. The van der Waals surface area contributed by atoms with Gasteiger partial charge in [-0.15, -0.1) is 0 Å². The van der Waals surface area contributed by atoms with Crippen molar-refractivity contribution in [1.29, 1.82) is 0 Å². The van der Waals surface area contributed by atoms with E-state index >= 15 is 0 Å². The molecule has 3 rings (SSSR count). The molecule has 0 saturated heterocycles. The van der Waals surface area contributed by atoms with Crippen LogP contribution in [0.4, 0.5) is 5.69 Å². The number of amides is 1. The summed E-state index contributed by atoms with van der Waals surface area (Å²) >= 11 is 0. The predicted octanol–water partition coefficient (Wildman–Crippen LogP) is 4.22. The first kappa shape index (κ1) is 26.5. The summed E-state index contributed by atoms with van der Waals surface area (Å²) in [5.41, 5.74) is 5.38. The molecule has 0 atom stereocenters. The molecule has 3 aromatic carbocycles. The highest BCUT2D eigenvalue weighted by Gasteiger charge is 2.27. The summed E-state index contributed by atoms with van der Waals surface area (Å²) in [6.45, 7) is 7.33. The predicted molar refractivity (Wildman–Crippen MR) is 141 cm³/mol. The quantitative estimate of drug-likeness (QED) is 0.238. The Morgan fingerprint density at radius 2 is 1.78 bits per heavy atom. The Morgan fingerprint density at radius 1 is 1.03 bits per heavy atom. The maximum absolute atomic E-state index is 13.4. The van der Waals surface area contributed by atoms with Gasteiger partial charge in [0.15, 0.2) is 11.5 Å². The molecule has 0 fully saturated rings. The summed E-state index contributed by atoms with van der Waals surface area (Å²) < 4.78 is 38.8. The maximum Gasteiger partial charge on any atom is 0.264 e. The molecule has 0 aliphatic rings. The van der Waals surface area contributed by atoms with Crippen LogP contribution in [0.2, 0.25) is 0 Å². The number of nitrogens with one attached hydrogen (secondary N) is 1.